The number of hydrogen-bond donors (Lipinski definition) is 1. The average molecular weight is 349 g/mol. The van der Waals surface area contributed by atoms with Crippen molar-refractivity contribution in [3.63, 3.8) is 0 Å². The highest BCUT2D eigenvalue weighted by molar-refractivity contribution is 5.94. The summed E-state index contributed by atoms with van der Waals surface area (Å²) >= 11 is 0. The predicted octanol–water partition coefficient (Wildman–Crippen LogP) is 4.54. The van der Waals surface area contributed by atoms with Crippen LogP contribution in [0.15, 0.2) is 42.5 Å². The molecule has 1 aliphatic heterocycles. The van der Waals surface area contributed by atoms with Crippen molar-refractivity contribution in [3.05, 3.63) is 59.4 Å². The van der Waals surface area contributed by atoms with Crippen LogP contribution in [-0.2, 0) is 13.5 Å². The number of aryl methyl sites for hydroxylation is 2. The summed E-state index contributed by atoms with van der Waals surface area (Å²) in [6.45, 7) is 4.12. The van der Waals surface area contributed by atoms with Gasteiger partial charge in [-0.3, -0.25) is 4.90 Å². The molecule has 1 amide bonds. The maximum absolute atomic E-state index is 11.7. The fraction of sp³-hybridized carbons (Fsp3) is 0.333. The summed E-state index contributed by atoms with van der Waals surface area (Å²) in [6, 6.07) is 14.3. The van der Waals surface area contributed by atoms with Gasteiger partial charge in [-0.2, -0.15) is 0 Å². The Morgan fingerprint density at radius 3 is 2.65 bits per heavy atom. The predicted molar refractivity (Wildman–Crippen MR) is 103 cm³/mol. The van der Waals surface area contributed by atoms with E-state index in [1.807, 2.05) is 44.3 Å². The number of amides is 1. The second-order valence-electron chi connectivity index (χ2n) is 7.13. The van der Waals surface area contributed by atoms with Crippen LogP contribution >= 0.6 is 0 Å². The standard InChI is InChI=1S/C21H23N3O2/c1-13-9-10-16-17(24(13)21(25)26)11-12-18-19(16)22-20(23(18)3)14(2)15-7-5-4-6-8-15/h4-8,11-14H,9-10H2,1-3H3,(H,25,26)/t13-,14?/m0/s1. The van der Waals surface area contributed by atoms with Gasteiger partial charge in [0.1, 0.15) is 5.82 Å². The van der Waals surface area contributed by atoms with Gasteiger partial charge in [-0.15, -0.1) is 0 Å². The van der Waals surface area contributed by atoms with Gasteiger partial charge >= 0.3 is 6.09 Å². The molecule has 1 aromatic heterocycles. The third kappa shape index (κ3) is 2.46. The van der Waals surface area contributed by atoms with E-state index in [1.165, 1.54) is 10.5 Å². The molecule has 0 fully saturated rings. The lowest BCUT2D eigenvalue weighted by molar-refractivity contribution is 0.198. The molecular formula is C21H23N3O2. The van der Waals surface area contributed by atoms with E-state index in [0.717, 1.165) is 41.0 Å². The molecule has 1 unspecified atom stereocenters. The van der Waals surface area contributed by atoms with E-state index in [9.17, 15) is 9.90 Å². The molecule has 0 saturated heterocycles. The van der Waals surface area contributed by atoms with Gasteiger partial charge in [0.25, 0.3) is 0 Å². The smallest absolute Gasteiger partial charge is 0.412 e. The summed E-state index contributed by atoms with van der Waals surface area (Å²) in [5, 5.41) is 9.62. The lowest BCUT2D eigenvalue weighted by Gasteiger charge is -2.33. The van der Waals surface area contributed by atoms with Crippen molar-refractivity contribution in [1.29, 1.82) is 0 Å². The number of carbonyl (C=O) groups is 1. The molecule has 0 spiro atoms. The molecule has 3 aromatic rings. The second-order valence-corrected chi connectivity index (χ2v) is 7.13. The fourth-order valence-electron chi connectivity index (χ4n) is 4.08. The third-order valence-corrected chi connectivity index (χ3v) is 5.57. The minimum absolute atomic E-state index is 0.0103. The minimum atomic E-state index is -0.897. The van der Waals surface area contributed by atoms with Crippen LogP contribution in [0.2, 0.25) is 0 Å². The quantitative estimate of drug-likeness (QED) is 0.739. The zero-order chi connectivity index (χ0) is 18.4. The van der Waals surface area contributed by atoms with E-state index in [2.05, 4.69) is 23.6 Å². The van der Waals surface area contributed by atoms with E-state index >= 15 is 0 Å². The topological polar surface area (TPSA) is 58.4 Å². The van der Waals surface area contributed by atoms with Crippen LogP contribution in [0.4, 0.5) is 10.5 Å². The molecule has 0 saturated carbocycles. The lowest BCUT2D eigenvalue weighted by Crippen LogP contribution is -2.41. The number of anilines is 1. The molecule has 26 heavy (non-hydrogen) atoms. The van der Waals surface area contributed by atoms with E-state index in [-0.39, 0.29) is 12.0 Å². The Hall–Kier alpha value is -2.82. The van der Waals surface area contributed by atoms with Crippen LogP contribution in [-0.4, -0.2) is 26.8 Å². The monoisotopic (exact) mass is 349 g/mol. The van der Waals surface area contributed by atoms with Gasteiger partial charge in [0.15, 0.2) is 0 Å². The summed E-state index contributed by atoms with van der Waals surface area (Å²) in [4.78, 5) is 18.2. The van der Waals surface area contributed by atoms with Crippen LogP contribution in [0, 0.1) is 0 Å². The molecule has 5 heteroatoms. The zero-order valence-electron chi connectivity index (χ0n) is 15.3. The Morgan fingerprint density at radius 2 is 1.96 bits per heavy atom. The summed E-state index contributed by atoms with van der Waals surface area (Å²) in [5.41, 5.74) is 5.04. The van der Waals surface area contributed by atoms with Crippen LogP contribution in [0.3, 0.4) is 0 Å². The van der Waals surface area contributed by atoms with E-state index in [0.29, 0.717) is 0 Å². The number of rotatable bonds is 2. The summed E-state index contributed by atoms with van der Waals surface area (Å²) in [7, 11) is 2.04. The van der Waals surface area contributed by atoms with Crippen molar-refractivity contribution in [2.75, 3.05) is 4.90 Å². The molecule has 0 bridgehead atoms. The molecule has 0 radical (unpaired) electrons. The molecule has 0 aliphatic carbocycles. The van der Waals surface area contributed by atoms with Crippen molar-refractivity contribution in [3.8, 4) is 0 Å². The zero-order valence-corrected chi connectivity index (χ0v) is 15.3. The molecule has 1 N–H and O–H groups in total. The van der Waals surface area contributed by atoms with Crippen molar-refractivity contribution in [2.45, 2.75) is 38.6 Å². The maximum atomic E-state index is 11.7. The molecule has 2 aromatic carbocycles. The van der Waals surface area contributed by atoms with E-state index < -0.39 is 6.09 Å². The summed E-state index contributed by atoms with van der Waals surface area (Å²) < 4.78 is 2.14. The number of aromatic nitrogens is 2. The molecular weight excluding hydrogens is 326 g/mol. The summed E-state index contributed by atoms with van der Waals surface area (Å²) in [6.07, 6.45) is 0.776. The van der Waals surface area contributed by atoms with Gasteiger partial charge in [-0.05, 0) is 37.5 Å². The number of imidazole rings is 1. The number of carboxylic acid groups (broad SMARTS) is 1. The first-order valence-electron chi connectivity index (χ1n) is 9.04. The Balaban J connectivity index is 1.87. The van der Waals surface area contributed by atoms with Crippen LogP contribution in [0.5, 0.6) is 0 Å². The Bertz CT molecular complexity index is 978. The average Bonchev–Trinajstić information content (AvgIpc) is 2.98. The Morgan fingerprint density at radius 1 is 1.23 bits per heavy atom. The van der Waals surface area contributed by atoms with E-state index in [1.54, 1.807) is 0 Å². The largest absolute Gasteiger partial charge is 0.465 e. The highest BCUT2D eigenvalue weighted by atomic mass is 16.4. The molecule has 1 aliphatic rings. The van der Waals surface area contributed by atoms with E-state index in [4.69, 9.17) is 4.98 Å². The Labute approximate surface area is 152 Å². The highest BCUT2D eigenvalue weighted by Crippen LogP contribution is 2.37. The minimum Gasteiger partial charge on any atom is -0.465 e. The Kier molecular flexibility index (Phi) is 3.94. The van der Waals surface area contributed by atoms with Crippen molar-refractivity contribution < 1.29 is 9.90 Å². The van der Waals surface area contributed by atoms with Crippen molar-refractivity contribution in [2.24, 2.45) is 7.05 Å². The summed E-state index contributed by atoms with van der Waals surface area (Å²) in [5.74, 6) is 1.17. The van der Waals surface area contributed by atoms with Crippen LogP contribution in [0.1, 0.15) is 43.1 Å². The third-order valence-electron chi connectivity index (χ3n) is 5.57. The lowest BCUT2D eigenvalue weighted by atomic mass is 9.96. The fourth-order valence-corrected chi connectivity index (χ4v) is 4.08. The highest BCUT2D eigenvalue weighted by Gasteiger charge is 2.30. The first kappa shape index (κ1) is 16.6. The van der Waals surface area contributed by atoms with Crippen LogP contribution < -0.4 is 4.90 Å². The van der Waals surface area contributed by atoms with Crippen LogP contribution in [0.25, 0.3) is 11.0 Å². The number of hydrogen-bond acceptors (Lipinski definition) is 2. The number of benzene rings is 2. The number of fused-ring (bicyclic) bond motifs is 3. The maximum Gasteiger partial charge on any atom is 0.412 e. The normalized spacial score (nSPS) is 18.0. The van der Waals surface area contributed by atoms with Crippen molar-refractivity contribution in [1.82, 2.24) is 9.55 Å². The second kappa shape index (κ2) is 6.16. The van der Waals surface area contributed by atoms with Gasteiger partial charge < -0.3 is 9.67 Å². The first-order chi connectivity index (χ1) is 12.5. The van der Waals surface area contributed by atoms with Gasteiger partial charge in [0.05, 0.1) is 16.7 Å². The van der Waals surface area contributed by atoms with Gasteiger partial charge in [0, 0.05) is 24.6 Å². The van der Waals surface area contributed by atoms with Gasteiger partial charge in [-0.25, -0.2) is 9.78 Å². The van der Waals surface area contributed by atoms with Gasteiger partial charge in [0.2, 0.25) is 0 Å². The molecule has 5 nitrogen and oxygen atoms in total. The molecule has 2 heterocycles. The van der Waals surface area contributed by atoms with Crippen molar-refractivity contribution >= 4 is 22.8 Å². The SMILES string of the molecule is CC(c1ccccc1)c1nc2c3c(ccc2n1C)N(C(=O)O)[C@@H](C)CC3. The van der Waals surface area contributed by atoms with Gasteiger partial charge in [-0.1, -0.05) is 37.3 Å². The number of nitrogens with zero attached hydrogens (tertiary/aromatic N) is 3. The first-order valence-corrected chi connectivity index (χ1v) is 9.04. The molecule has 134 valence electrons. The molecule has 2 atom stereocenters. The molecule has 4 rings (SSSR count).